The van der Waals surface area contributed by atoms with Crippen molar-refractivity contribution in [2.24, 2.45) is 0 Å². The Morgan fingerprint density at radius 1 is 1.07 bits per heavy atom. The molecule has 0 bridgehead atoms. The van der Waals surface area contributed by atoms with Crippen LogP contribution in [0.4, 0.5) is 23.7 Å². The fraction of sp³-hybridized carbons (Fsp3) is 0.419. The number of anilines is 1. The van der Waals surface area contributed by atoms with E-state index >= 15 is 0 Å². The molecule has 0 saturated carbocycles. The molecule has 4 rings (SSSR count). The molecule has 1 atom stereocenters. The Hall–Kier alpha value is -4.55. The molecule has 0 radical (unpaired) electrons. The second-order valence-electron chi connectivity index (χ2n) is 11.4. The smallest absolute Gasteiger partial charge is 0.433 e. The fourth-order valence-electron chi connectivity index (χ4n) is 4.91. The minimum absolute atomic E-state index is 0.0914. The summed E-state index contributed by atoms with van der Waals surface area (Å²) in [6, 6.07) is 11.1. The maximum absolute atomic E-state index is 13.8. The van der Waals surface area contributed by atoms with Gasteiger partial charge < -0.3 is 19.1 Å². The van der Waals surface area contributed by atoms with Crippen LogP contribution in [0.1, 0.15) is 49.7 Å². The summed E-state index contributed by atoms with van der Waals surface area (Å²) in [7, 11) is 2.59. The first kappa shape index (κ1) is 32.4. The lowest BCUT2D eigenvalue weighted by atomic mass is 10.0. The number of fused-ring (bicyclic) bond motifs is 1. The van der Waals surface area contributed by atoms with Gasteiger partial charge in [-0.05, 0) is 75.6 Å². The van der Waals surface area contributed by atoms with Gasteiger partial charge >= 0.3 is 18.2 Å². The van der Waals surface area contributed by atoms with Gasteiger partial charge in [-0.2, -0.15) is 18.3 Å². The zero-order valence-corrected chi connectivity index (χ0v) is 25.4. The van der Waals surface area contributed by atoms with Gasteiger partial charge in [-0.25, -0.2) is 9.48 Å². The molecular weight excluding hydrogens is 581 g/mol. The van der Waals surface area contributed by atoms with Crippen LogP contribution in [-0.4, -0.2) is 65.0 Å². The molecule has 2 heterocycles. The first-order valence-electron chi connectivity index (χ1n) is 13.9. The van der Waals surface area contributed by atoms with Gasteiger partial charge in [0.15, 0.2) is 0 Å². The maximum Gasteiger partial charge on any atom is 0.433 e. The van der Waals surface area contributed by atoms with Crippen molar-refractivity contribution in [1.29, 1.82) is 0 Å². The van der Waals surface area contributed by atoms with Crippen LogP contribution in [0.3, 0.4) is 0 Å². The number of carbonyl (C=O) groups is 3. The summed E-state index contributed by atoms with van der Waals surface area (Å²) in [4.78, 5) is 41.3. The van der Waals surface area contributed by atoms with Crippen molar-refractivity contribution in [2.75, 3.05) is 25.6 Å². The van der Waals surface area contributed by atoms with Crippen molar-refractivity contribution in [3.05, 3.63) is 71.0 Å². The molecule has 0 saturated heterocycles. The molecule has 0 aliphatic carbocycles. The molecule has 13 heteroatoms. The molecule has 0 unspecified atom stereocenters. The number of likely N-dealkylation sites (N-methyl/N-ethyl adjacent to an activating group) is 1. The van der Waals surface area contributed by atoms with Crippen molar-refractivity contribution < 1.29 is 41.8 Å². The molecule has 1 aromatic heterocycles. The molecule has 0 spiro atoms. The van der Waals surface area contributed by atoms with Gasteiger partial charge in [-0.3, -0.25) is 14.5 Å². The number of aromatic nitrogens is 2. The Labute approximate surface area is 253 Å². The number of rotatable bonds is 8. The number of para-hydroxylation sites is 1. The predicted octanol–water partition coefficient (Wildman–Crippen LogP) is 5.47. The van der Waals surface area contributed by atoms with Crippen LogP contribution >= 0.6 is 0 Å². The first-order chi connectivity index (χ1) is 20.6. The van der Waals surface area contributed by atoms with Crippen LogP contribution in [0.5, 0.6) is 5.75 Å². The van der Waals surface area contributed by atoms with Crippen molar-refractivity contribution in [2.45, 2.75) is 65.0 Å². The van der Waals surface area contributed by atoms with Crippen molar-refractivity contribution in [3.63, 3.8) is 0 Å². The van der Waals surface area contributed by atoms with Crippen LogP contribution in [0.15, 0.2) is 48.5 Å². The molecule has 0 N–H and O–H groups in total. The molecule has 236 valence electrons. The second kappa shape index (κ2) is 12.6. The zero-order valence-electron chi connectivity index (χ0n) is 25.4. The lowest BCUT2D eigenvalue weighted by molar-refractivity contribution is -0.144. The summed E-state index contributed by atoms with van der Waals surface area (Å²) in [5, 5.41) is 4.14. The Morgan fingerprint density at radius 3 is 2.36 bits per heavy atom. The number of amides is 2. The highest BCUT2D eigenvalue weighted by Crippen LogP contribution is 2.37. The van der Waals surface area contributed by atoms with Crippen molar-refractivity contribution in [3.8, 4) is 11.4 Å². The van der Waals surface area contributed by atoms with Crippen molar-refractivity contribution >= 4 is 23.7 Å². The van der Waals surface area contributed by atoms with E-state index in [0.29, 0.717) is 23.4 Å². The number of methoxy groups -OCH3 is 1. The quantitative estimate of drug-likeness (QED) is 0.310. The molecule has 44 heavy (non-hydrogen) atoms. The fourth-order valence-corrected chi connectivity index (χ4v) is 4.91. The Morgan fingerprint density at radius 2 is 1.75 bits per heavy atom. The van der Waals surface area contributed by atoms with Gasteiger partial charge in [0.25, 0.3) is 5.91 Å². The van der Waals surface area contributed by atoms with Crippen LogP contribution in [0.2, 0.25) is 0 Å². The summed E-state index contributed by atoms with van der Waals surface area (Å²) < 4.78 is 58.2. The summed E-state index contributed by atoms with van der Waals surface area (Å²) >= 11 is 0. The number of ether oxygens (including phenoxy) is 3. The van der Waals surface area contributed by atoms with E-state index < -0.39 is 41.5 Å². The minimum Gasteiger partial charge on any atom is -0.487 e. The lowest BCUT2D eigenvalue weighted by Gasteiger charge is -2.32. The molecular formula is C31H35F3N4O6. The second-order valence-corrected chi connectivity index (χ2v) is 11.4. The normalized spacial score (nSPS) is 13.7. The maximum atomic E-state index is 13.8. The van der Waals surface area contributed by atoms with E-state index in [1.807, 2.05) is 0 Å². The minimum atomic E-state index is -4.62. The molecule has 2 amide bonds. The number of nitrogens with zero attached hydrogens (tertiary/aromatic N) is 4. The van der Waals surface area contributed by atoms with E-state index in [4.69, 9.17) is 14.2 Å². The summed E-state index contributed by atoms with van der Waals surface area (Å²) in [6.45, 7) is 6.95. The first-order valence-corrected chi connectivity index (χ1v) is 13.9. The Kier molecular flexibility index (Phi) is 9.26. The van der Waals surface area contributed by atoms with E-state index in [1.54, 1.807) is 58.0 Å². The third kappa shape index (κ3) is 7.14. The summed E-state index contributed by atoms with van der Waals surface area (Å²) in [5.74, 6) is -0.721. The topological polar surface area (TPSA) is 103 Å². The highest BCUT2D eigenvalue weighted by molar-refractivity contribution is 6.02. The Balaban J connectivity index is 1.55. The van der Waals surface area contributed by atoms with E-state index in [9.17, 15) is 27.6 Å². The van der Waals surface area contributed by atoms with Crippen LogP contribution in [0, 0.1) is 6.92 Å². The average molecular weight is 617 g/mol. The van der Waals surface area contributed by atoms with Gasteiger partial charge in [0.2, 0.25) is 0 Å². The Bertz CT molecular complexity index is 1530. The van der Waals surface area contributed by atoms with Gasteiger partial charge in [-0.1, -0.05) is 18.2 Å². The highest BCUT2D eigenvalue weighted by atomic mass is 19.4. The molecule has 1 aliphatic heterocycles. The third-order valence-electron chi connectivity index (χ3n) is 7.11. The number of benzene rings is 2. The van der Waals surface area contributed by atoms with Crippen LogP contribution in [0.25, 0.3) is 5.69 Å². The van der Waals surface area contributed by atoms with Gasteiger partial charge in [0, 0.05) is 19.3 Å². The molecule has 1 aliphatic rings. The number of carbonyl (C=O) groups excluding carboxylic acids is 3. The van der Waals surface area contributed by atoms with E-state index in [-0.39, 0.29) is 31.0 Å². The summed E-state index contributed by atoms with van der Waals surface area (Å²) in [6.07, 6.45) is -5.29. The predicted molar refractivity (Wildman–Crippen MR) is 155 cm³/mol. The van der Waals surface area contributed by atoms with Gasteiger partial charge in [0.1, 0.15) is 35.4 Å². The highest BCUT2D eigenvalue weighted by Gasteiger charge is 2.39. The molecule has 0 fully saturated rings. The molecule has 10 nitrogen and oxygen atoms in total. The SMILES string of the molecule is COC(=O)C[C@H](C(=O)N1CCc2c1ccc(OCc1cc(C(F)(F)F)n(-c3ccccc3)n1)c2C)N(C)C(=O)OC(C)(C)C. The largest absolute Gasteiger partial charge is 0.487 e. The van der Waals surface area contributed by atoms with Crippen molar-refractivity contribution in [1.82, 2.24) is 14.7 Å². The van der Waals surface area contributed by atoms with Gasteiger partial charge in [0.05, 0.1) is 19.2 Å². The van der Waals surface area contributed by atoms with E-state index in [0.717, 1.165) is 21.2 Å². The van der Waals surface area contributed by atoms with E-state index in [1.165, 1.54) is 31.2 Å². The zero-order chi connectivity index (χ0) is 32.4. The molecule has 2 aromatic carbocycles. The number of hydrogen-bond acceptors (Lipinski definition) is 7. The number of alkyl halides is 3. The third-order valence-corrected chi connectivity index (χ3v) is 7.11. The number of hydrogen-bond donors (Lipinski definition) is 0. The monoisotopic (exact) mass is 616 g/mol. The standard InChI is InChI=1S/C31H35F3N4O6/c1-19-22-14-15-37(28(40)24(17-27(39)42-6)36(5)29(41)44-30(2,3)4)23(22)12-13-25(19)43-18-20-16-26(31(32,33)34)38(35-20)21-10-8-7-9-11-21/h7-13,16,24H,14-15,17-18H2,1-6H3/t24-/m1/s1. The average Bonchev–Trinajstić information content (AvgIpc) is 3.60. The van der Waals surface area contributed by atoms with Crippen LogP contribution < -0.4 is 9.64 Å². The van der Waals surface area contributed by atoms with E-state index in [2.05, 4.69) is 5.10 Å². The van der Waals surface area contributed by atoms with Crippen LogP contribution in [-0.2, 0) is 38.3 Å². The lowest BCUT2D eigenvalue weighted by Crippen LogP contribution is -2.51. The van der Waals surface area contributed by atoms with Gasteiger partial charge in [-0.15, -0.1) is 0 Å². The number of halogens is 3. The summed E-state index contributed by atoms with van der Waals surface area (Å²) in [5.41, 5.74) is 0.729. The molecule has 3 aromatic rings. The number of esters is 1.